The highest BCUT2D eigenvalue weighted by atomic mass is 16.2. The van der Waals surface area contributed by atoms with Crippen LogP contribution in [0.2, 0.25) is 0 Å². The molecule has 1 amide bonds. The van der Waals surface area contributed by atoms with E-state index in [1.165, 1.54) is 24.0 Å². The van der Waals surface area contributed by atoms with Gasteiger partial charge in [0.15, 0.2) is 0 Å². The van der Waals surface area contributed by atoms with Crippen LogP contribution >= 0.6 is 0 Å². The highest BCUT2D eigenvalue weighted by molar-refractivity contribution is 5.97. The molecule has 0 aliphatic carbocycles. The summed E-state index contributed by atoms with van der Waals surface area (Å²) in [6.07, 6.45) is 3.59. The Kier molecular flexibility index (Phi) is 5.87. The second-order valence-corrected chi connectivity index (χ2v) is 6.87. The average molecular weight is 336 g/mol. The lowest BCUT2D eigenvalue weighted by molar-refractivity contribution is 0.0735. The summed E-state index contributed by atoms with van der Waals surface area (Å²) in [6, 6.07) is 15.0. The SMILES string of the molecule is CCCCc1ccc(-c2ccc(C)c(C(=O)N3CCNCC3)c2)cc1. The molecule has 25 heavy (non-hydrogen) atoms. The summed E-state index contributed by atoms with van der Waals surface area (Å²) in [5, 5.41) is 3.30. The van der Waals surface area contributed by atoms with Crippen LogP contribution in [0.15, 0.2) is 42.5 Å². The monoisotopic (exact) mass is 336 g/mol. The molecule has 1 fully saturated rings. The van der Waals surface area contributed by atoms with Crippen molar-refractivity contribution >= 4 is 5.91 Å². The molecule has 2 aromatic carbocycles. The number of nitrogens with zero attached hydrogens (tertiary/aromatic N) is 1. The molecule has 2 aromatic rings. The quantitative estimate of drug-likeness (QED) is 0.893. The van der Waals surface area contributed by atoms with Crippen molar-refractivity contribution in [1.29, 1.82) is 0 Å². The molecule has 3 nitrogen and oxygen atoms in total. The third-order valence-electron chi connectivity index (χ3n) is 4.98. The van der Waals surface area contributed by atoms with Crippen LogP contribution in [-0.2, 0) is 6.42 Å². The second-order valence-electron chi connectivity index (χ2n) is 6.87. The van der Waals surface area contributed by atoms with E-state index in [1.54, 1.807) is 0 Å². The van der Waals surface area contributed by atoms with Crippen molar-refractivity contribution in [3.05, 3.63) is 59.2 Å². The average Bonchev–Trinajstić information content (AvgIpc) is 2.67. The zero-order chi connectivity index (χ0) is 17.6. The molecule has 0 unspecified atom stereocenters. The van der Waals surface area contributed by atoms with Gasteiger partial charge in [-0.05, 0) is 48.1 Å². The Balaban J connectivity index is 1.82. The zero-order valence-electron chi connectivity index (χ0n) is 15.3. The molecule has 0 bridgehead atoms. The van der Waals surface area contributed by atoms with Crippen molar-refractivity contribution in [1.82, 2.24) is 10.2 Å². The number of amides is 1. The minimum atomic E-state index is 0.153. The summed E-state index contributed by atoms with van der Waals surface area (Å²) < 4.78 is 0. The first-order chi connectivity index (χ1) is 12.2. The number of rotatable bonds is 5. The Morgan fingerprint density at radius 1 is 1.04 bits per heavy atom. The van der Waals surface area contributed by atoms with Crippen LogP contribution in [-0.4, -0.2) is 37.0 Å². The van der Waals surface area contributed by atoms with E-state index in [2.05, 4.69) is 54.7 Å². The summed E-state index contributed by atoms with van der Waals surface area (Å²) >= 11 is 0. The molecular weight excluding hydrogens is 308 g/mol. The second kappa shape index (κ2) is 8.30. The molecule has 1 aliphatic rings. The lowest BCUT2D eigenvalue weighted by Gasteiger charge is -2.28. The third kappa shape index (κ3) is 4.29. The number of unbranched alkanes of at least 4 members (excludes halogenated alkanes) is 1. The first-order valence-corrected chi connectivity index (χ1v) is 9.39. The van der Waals surface area contributed by atoms with Gasteiger partial charge in [0.2, 0.25) is 0 Å². The van der Waals surface area contributed by atoms with E-state index in [0.29, 0.717) is 0 Å². The van der Waals surface area contributed by atoms with E-state index in [0.717, 1.165) is 49.3 Å². The molecule has 3 rings (SSSR count). The molecule has 0 atom stereocenters. The minimum absolute atomic E-state index is 0.153. The number of carbonyl (C=O) groups is 1. The molecule has 0 saturated carbocycles. The van der Waals surface area contributed by atoms with Crippen LogP contribution in [0.25, 0.3) is 11.1 Å². The van der Waals surface area contributed by atoms with E-state index < -0.39 is 0 Å². The number of carbonyl (C=O) groups excluding carboxylic acids is 1. The molecule has 1 aliphatic heterocycles. The number of nitrogens with one attached hydrogen (secondary N) is 1. The molecular formula is C22H28N2O. The van der Waals surface area contributed by atoms with Crippen molar-refractivity contribution in [2.75, 3.05) is 26.2 Å². The van der Waals surface area contributed by atoms with Gasteiger partial charge in [-0.1, -0.05) is 49.7 Å². The first kappa shape index (κ1) is 17.7. The van der Waals surface area contributed by atoms with Crippen molar-refractivity contribution in [2.45, 2.75) is 33.1 Å². The van der Waals surface area contributed by atoms with Crippen LogP contribution in [0.1, 0.15) is 41.3 Å². The van der Waals surface area contributed by atoms with Crippen molar-refractivity contribution in [3.63, 3.8) is 0 Å². The topological polar surface area (TPSA) is 32.3 Å². The number of piperazine rings is 1. The highest BCUT2D eigenvalue weighted by Crippen LogP contribution is 2.24. The van der Waals surface area contributed by atoms with Gasteiger partial charge in [0.1, 0.15) is 0 Å². The molecule has 1 saturated heterocycles. The predicted octanol–water partition coefficient (Wildman–Crippen LogP) is 4.05. The van der Waals surface area contributed by atoms with Gasteiger partial charge < -0.3 is 10.2 Å². The Bertz CT molecular complexity index is 715. The van der Waals surface area contributed by atoms with Gasteiger partial charge in [-0.2, -0.15) is 0 Å². The van der Waals surface area contributed by atoms with Crippen molar-refractivity contribution in [3.8, 4) is 11.1 Å². The molecule has 0 aromatic heterocycles. The lowest BCUT2D eigenvalue weighted by atomic mass is 9.97. The van der Waals surface area contributed by atoms with Gasteiger partial charge in [-0.15, -0.1) is 0 Å². The van der Waals surface area contributed by atoms with Gasteiger partial charge in [0.25, 0.3) is 5.91 Å². The number of hydrogen-bond donors (Lipinski definition) is 1. The predicted molar refractivity (Wildman–Crippen MR) is 104 cm³/mol. The summed E-state index contributed by atoms with van der Waals surface area (Å²) in [6.45, 7) is 7.57. The lowest BCUT2D eigenvalue weighted by Crippen LogP contribution is -2.46. The van der Waals surface area contributed by atoms with Gasteiger partial charge in [0, 0.05) is 31.7 Å². The maximum absolute atomic E-state index is 12.9. The highest BCUT2D eigenvalue weighted by Gasteiger charge is 2.19. The van der Waals surface area contributed by atoms with Crippen LogP contribution < -0.4 is 5.32 Å². The molecule has 1 N–H and O–H groups in total. The zero-order valence-corrected chi connectivity index (χ0v) is 15.3. The normalized spacial score (nSPS) is 14.6. The molecule has 132 valence electrons. The maximum Gasteiger partial charge on any atom is 0.254 e. The number of benzene rings is 2. The van der Waals surface area contributed by atoms with E-state index in [-0.39, 0.29) is 5.91 Å². The summed E-state index contributed by atoms with van der Waals surface area (Å²) in [4.78, 5) is 14.8. The molecule has 0 radical (unpaired) electrons. The van der Waals surface area contributed by atoms with Crippen LogP contribution in [0.3, 0.4) is 0 Å². The molecule has 1 heterocycles. The number of hydrogen-bond acceptors (Lipinski definition) is 2. The summed E-state index contributed by atoms with van der Waals surface area (Å²) in [7, 11) is 0. The molecule has 3 heteroatoms. The standard InChI is InChI=1S/C22H28N2O/c1-3-4-5-18-7-10-19(11-8-18)20-9-6-17(2)21(16-20)22(25)24-14-12-23-13-15-24/h6-11,16,23H,3-5,12-15H2,1-2H3. The largest absolute Gasteiger partial charge is 0.336 e. The van der Waals surface area contributed by atoms with E-state index in [4.69, 9.17) is 0 Å². The van der Waals surface area contributed by atoms with Crippen molar-refractivity contribution < 1.29 is 4.79 Å². The fraction of sp³-hybridized carbons (Fsp3) is 0.409. The summed E-state index contributed by atoms with van der Waals surface area (Å²) in [5.74, 6) is 0.153. The van der Waals surface area contributed by atoms with Gasteiger partial charge in [-0.25, -0.2) is 0 Å². The van der Waals surface area contributed by atoms with Crippen LogP contribution in [0.4, 0.5) is 0 Å². The fourth-order valence-electron chi connectivity index (χ4n) is 3.32. The Morgan fingerprint density at radius 3 is 2.40 bits per heavy atom. The number of aryl methyl sites for hydroxylation is 2. The van der Waals surface area contributed by atoms with Gasteiger partial charge in [0.05, 0.1) is 0 Å². The first-order valence-electron chi connectivity index (χ1n) is 9.39. The Hall–Kier alpha value is -2.13. The Morgan fingerprint density at radius 2 is 1.72 bits per heavy atom. The van der Waals surface area contributed by atoms with Gasteiger partial charge in [-0.3, -0.25) is 4.79 Å². The fourth-order valence-corrected chi connectivity index (χ4v) is 3.32. The van der Waals surface area contributed by atoms with Crippen molar-refractivity contribution in [2.24, 2.45) is 0 Å². The third-order valence-corrected chi connectivity index (χ3v) is 4.98. The minimum Gasteiger partial charge on any atom is -0.336 e. The molecule has 0 spiro atoms. The summed E-state index contributed by atoms with van der Waals surface area (Å²) in [5.41, 5.74) is 5.55. The van der Waals surface area contributed by atoms with Gasteiger partial charge >= 0.3 is 0 Å². The van der Waals surface area contributed by atoms with E-state index >= 15 is 0 Å². The van der Waals surface area contributed by atoms with E-state index in [1.807, 2.05) is 11.8 Å². The van der Waals surface area contributed by atoms with Crippen LogP contribution in [0, 0.1) is 6.92 Å². The smallest absolute Gasteiger partial charge is 0.254 e. The Labute approximate surface area is 151 Å². The van der Waals surface area contributed by atoms with Crippen LogP contribution in [0.5, 0.6) is 0 Å². The van der Waals surface area contributed by atoms with E-state index in [9.17, 15) is 4.79 Å². The maximum atomic E-state index is 12.9.